The third kappa shape index (κ3) is 5.43. The van der Waals surface area contributed by atoms with Crippen LogP contribution in [0.3, 0.4) is 0 Å². The number of methoxy groups -OCH3 is 1. The number of benzene rings is 2. The van der Waals surface area contributed by atoms with Gasteiger partial charge in [0.05, 0.1) is 19.7 Å². The Morgan fingerprint density at radius 1 is 1.11 bits per heavy atom. The molecule has 0 saturated carbocycles. The van der Waals surface area contributed by atoms with Gasteiger partial charge >= 0.3 is 0 Å². The number of fused-ring (bicyclic) bond motifs is 1. The molecular weight excluding hydrogens is 464 g/mol. The van der Waals surface area contributed by atoms with E-state index in [1.807, 2.05) is 25.2 Å². The van der Waals surface area contributed by atoms with E-state index in [1.54, 1.807) is 24.3 Å². The van der Waals surface area contributed by atoms with Crippen molar-refractivity contribution in [2.24, 2.45) is 0 Å². The molecule has 1 N–H and O–H groups in total. The van der Waals surface area contributed by atoms with Crippen LogP contribution in [0.5, 0.6) is 5.75 Å². The minimum Gasteiger partial charge on any atom is -0.496 e. The van der Waals surface area contributed by atoms with Crippen molar-refractivity contribution >= 4 is 17.4 Å². The van der Waals surface area contributed by atoms with E-state index >= 15 is 0 Å². The number of aromatic nitrogens is 1. The summed E-state index contributed by atoms with van der Waals surface area (Å²) in [6, 6.07) is 20.2. The summed E-state index contributed by atoms with van der Waals surface area (Å²) in [7, 11) is 3.54. The van der Waals surface area contributed by atoms with Crippen LogP contribution < -0.4 is 15.0 Å². The van der Waals surface area contributed by atoms with Gasteiger partial charge in [0.1, 0.15) is 11.4 Å². The Balaban J connectivity index is 1.39. The van der Waals surface area contributed by atoms with Crippen LogP contribution in [0, 0.1) is 0 Å². The van der Waals surface area contributed by atoms with E-state index in [4.69, 9.17) is 4.74 Å². The Morgan fingerprint density at radius 3 is 2.68 bits per heavy atom. The zero-order valence-electron chi connectivity index (χ0n) is 21.5. The first-order chi connectivity index (χ1) is 18.0. The van der Waals surface area contributed by atoms with Gasteiger partial charge in [-0.25, -0.2) is 0 Å². The summed E-state index contributed by atoms with van der Waals surface area (Å²) < 4.78 is 5.74. The number of carbonyl (C=O) groups is 2. The molecule has 0 aliphatic carbocycles. The third-order valence-electron chi connectivity index (χ3n) is 7.55. The van der Waals surface area contributed by atoms with Crippen LogP contribution >= 0.6 is 0 Å². The Bertz CT molecular complexity index is 1250. The Kier molecular flexibility index (Phi) is 7.63. The highest BCUT2D eigenvalue weighted by molar-refractivity contribution is 5.96. The Labute approximate surface area is 218 Å². The highest BCUT2D eigenvalue weighted by Crippen LogP contribution is 2.35. The maximum Gasteiger partial charge on any atom is 0.227 e. The lowest BCUT2D eigenvalue weighted by atomic mass is 9.89. The molecule has 192 valence electrons. The number of likely N-dealkylation sites (tertiary alicyclic amines) is 1. The summed E-state index contributed by atoms with van der Waals surface area (Å²) in [5.41, 5.74) is 4.82. The number of piperidine rings is 1. The number of carbonyl (C=O) groups excluding carboxylic acids is 2. The van der Waals surface area contributed by atoms with Crippen molar-refractivity contribution in [3.8, 4) is 5.75 Å². The second-order valence-electron chi connectivity index (χ2n) is 9.84. The molecule has 37 heavy (non-hydrogen) atoms. The van der Waals surface area contributed by atoms with Crippen LogP contribution in [-0.4, -0.2) is 54.9 Å². The molecule has 1 amide bonds. The first-order valence-corrected chi connectivity index (χ1v) is 13.0. The van der Waals surface area contributed by atoms with E-state index in [9.17, 15) is 9.59 Å². The van der Waals surface area contributed by atoms with Gasteiger partial charge in [-0.05, 0) is 61.2 Å². The number of anilines is 1. The molecule has 2 aliphatic rings. The number of nitrogens with one attached hydrogen (secondary N) is 1. The zero-order chi connectivity index (χ0) is 25.8. The minimum absolute atomic E-state index is 0.0336. The van der Waals surface area contributed by atoms with Gasteiger partial charge in [-0.3, -0.25) is 19.5 Å². The molecule has 2 aromatic carbocycles. The summed E-state index contributed by atoms with van der Waals surface area (Å²) in [4.78, 5) is 33.7. The average molecular weight is 499 g/mol. The zero-order valence-corrected chi connectivity index (χ0v) is 21.5. The smallest absolute Gasteiger partial charge is 0.227 e. The van der Waals surface area contributed by atoms with E-state index in [1.165, 1.54) is 5.56 Å². The normalized spacial score (nSPS) is 19.9. The number of Topliss-reactive ketones (excluding diaryl/α,β-unsaturated/α-hetero) is 1. The van der Waals surface area contributed by atoms with Crippen molar-refractivity contribution < 1.29 is 14.3 Å². The van der Waals surface area contributed by atoms with Crippen LogP contribution in [-0.2, 0) is 17.8 Å². The van der Waals surface area contributed by atoms with Gasteiger partial charge in [0.15, 0.2) is 5.78 Å². The predicted molar refractivity (Wildman–Crippen MR) is 144 cm³/mol. The molecule has 7 heteroatoms. The molecule has 2 atom stereocenters. The van der Waals surface area contributed by atoms with E-state index in [0.29, 0.717) is 25.2 Å². The van der Waals surface area contributed by atoms with Crippen LogP contribution in [0.25, 0.3) is 0 Å². The van der Waals surface area contributed by atoms with E-state index < -0.39 is 0 Å². The number of hydrogen-bond acceptors (Lipinski definition) is 6. The number of amides is 1. The topological polar surface area (TPSA) is 74.8 Å². The number of ketones is 1. The van der Waals surface area contributed by atoms with Gasteiger partial charge < -0.3 is 15.0 Å². The van der Waals surface area contributed by atoms with E-state index in [-0.39, 0.29) is 23.8 Å². The molecule has 2 aliphatic heterocycles. The van der Waals surface area contributed by atoms with Gasteiger partial charge in [-0.1, -0.05) is 36.4 Å². The van der Waals surface area contributed by atoms with Gasteiger partial charge in [0, 0.05) is 43.5 Å². The van der Waals surface area contributed by atoms with Gasteiger partial charge in [0.2, 0.25) is 5.91 Å². The number of hydrogen-bond donors (Lipinski definition) is 1. The maximum atomic E-state index is 13.1. The largest absolute Gasteiger partial charge is 0.496 e. The van der Waals surface area contributed by atoms with Crippen molar-refractivity contribution in [3.05, 3.63) is 89.2 Å². The summed E-state index contributed by atoms with van der Waals surface area (Å²) in [6.45, 7) is 1.78. The van der Waals surface area contributed by atoms with Crippen LogP contribution in [0.15, 0.2) is 66.9 Å². The maximum absolute atomic E-state index is 13.1. The van der Waals surface area contributed by atoms with Crippen LogP contribution in [0.4, 0.5) is 5.69 Å². The van der Waals surface area contributed by atoms with Crippen molar-refractivity contribution in [3.63, 3.8) is 0 Å². The van der Waals surface area contributed by atoms with E-state index in [2.05, 4.69) is 51.6 Å². The molecule has 5 rings (SSSR count). The fraction of sp³-hybridized carbons (Fsp3) is 0.367. The molecular formula is C30H34N4O3. The molecule has 7 nitrogen and oxygen atoms in total. The average Bonchev–Trinajstić information content (AvgIpc) is 2.94. The van der Waals surface area contributed by atoms with E-state index in [0.717, 1.165) is 48.4 Å². The lowest BCUT2D eigenvalue weighted by Gasteiger charge is -2.42. The fourth-order valence-electron chi connectivity index (χ4n) is 5.62. The molecule has 2 unspecified atom stereocenters. The second-order valence-corrected chi connectivity index (χ2v) is 9.84. The number of aryl methyl sites for hydroxylation is 1. The molecule has 3 aromatic rings. The lowest BCUT2D eigenvalue weighted by Crippen LogP contribution is -2.49. The Hall–Kier alpha value is -3.55. The standard InChI is InChI=1S/C30H34N4O3/c1-33-26-17-23(28(37-2)18-22(26)13-14-29(33)36)19-32-25-12-8-16-34(30(25)21-9-4-3-5-10-21)20-27(35)24-11-6-7-15-31-24/h3-7,9-11,15,17-18,25,30,32H,8,12-14,16,19-20H2,1-2H3. The van der Waals surface area contributed by atoms with Crippen molar-refractivity contribution in [2.75, 3.05) is 32.1 Å². The molecule has 0 radical (unpaired) electrons. The number of pyridine rings is 1. The van der Waals surface area contributed by atoms with Crippen molar-refractivity contribution in [1.29, 1.82) is 0 Å². The van der Waals surface area contributed by atoms with Crippen LogP contribution in [0.2, 0.25) is 0 Å². The van der Waals surface area contributed by atoms with Crippen LogP contribution in [0.1, 0.15) is 52.5 Å². The molecule has 1 aromatic heterocycles. The second kappa shape index (κ2) is 11.2. The van der Waals surface area contributed by atoms with Crippen molar-refractivity contribution in [1.82, 2.24) is 15.2 Å². The predicted octanol–water partition coefficient (Wildman–Crippen LogP) is 4.18. The van der Waals surface area contributed by atoms with Crippen molar-refractivity contribution in [2.45, 2.75) is 44.3 Å². The minimum atomic E-state index is 0.0336. The molecule has 0 spiro atoms. The Morgan fingerprint density at radius 2 is 1.92 bits per heavy atom. The summed E-state index contributed by atoms with van der Waals surface area (Å²) in [5, 5.41) is 3.79. The monoisotopic (exact) mass is 498 g/mol. The van der Waals surface area contributed by atoms with Gasteiger partial charge in [-0.15, -0.1) is 0 Å². The van der Waals surface area contributed by atoms with Gasteiger partial charge in [-0.2, -0.15) is 0 Å². The first-order valence-electron chi connectivity index (χ1n) is 13.0. The summed E-state index contributed by atoms with van der Waals surface area (Å²) >= 11 is 0. The highest BCUT2D eigenvalue weighted by atomic mass is 16.5. The molecule has 3 heterocycles. The molecule has 1 fully saturated rings. The first kappa shape index (κ1) is 25.1. The lowest BCUT2D eigenvalue weighted by molar-refractivity contribution is -0.118. The summed E-state index contributed by atoms with van der Waals surface area (Å²) in [5.74, 6) is 1.01. The summed E-state index contributed by atoms with van der Waals surface area (Å²) in [6.07, 6.45) is 4.92. The number of ether oxygens (including phenoxy) is 1. The number of rotatable bonds is 8. The van der Waals surface area contributed by atoms with Gasteiger partial charge in [0.25, 0.3) is 0 Å². The number of nitrogens with zero attached hydrogens (tertiary/aromatic N) is 3. The molecule has 0 bridgehead atoms. The molecule has 1 saturated heterocycles. The fourth-order valence-corrected chi connectivity index (χ4v) is 5.62. The quantitative estimate of drug-likeness (QED) is 0.470. The SMILES string of the molecule is COc1cc2c(cc1CNC1CCCN(CC(=O)c3ccccn3)C1c1ccccc1)N(C)C(=O)CC2. The highest BCUT2D eigenvalue weighted by Gasteiger charge is 2.34. The third-order valence-corrected chi connectivity index (χ3v) is 7.55.